The second kappa shape index (κ2) is 12.6. The first-order valence-electron chi connectivity index (χ1n) is 15.5. The number of nitrogens with zero attached hydrogens (tertiary/aromatic N) is 6. The molecule has 1 aliphatic rings. The molecule has 1 aliphatic heterocycles. The summed E-state index contributed by atoms with van der Waals surface area (Å²) in [6.07, 6.45) is 9.53. The first-order valence-corrected chi connectivity index (χ1v) is 15.5. The summed E-state index contributed by atoms with van der Waals surface area (Å²) in [5.74, 6) is 0.792. The molecule has 11 nitrogen and oxygen atoms in total. The molecular formula is C34H34FN9O2. The predicted molar refractivity (Wildman–Crippen MR) is 175 cm³/mol. The third-order valence-corrected chi connectivity index (χ3v) is 8.03. The molecule has 0 bridgehead atoms. The number of aromatic nitrogens is 7. The maximum absolute atomic E-state index is 14.8. The fourth-order valence-corrected chi connectivity index (χ4v) is 5.85. The van der Waals surface area contributed by atoms with Crippen molar-refractivity contribution in [3.8, 4) is 39.7 Å². The van der Waals surface area contributed by atoms with Gasteiger partial charge >= 0.3 is 0 Å². The Balaban J connectivity index is 1.18. The van der Waals surface area contributed by atoms with Gasteiger partial charge in [0.15, 0.2) is 11.5 Å². The van der Waals surface area contributed by atoms with Crippen LogP contribution in [-0.4, -0.2) is 72.2 Å². The zero-order valence-electron chi connectivity index (χ0n) is 25.7. The van der Waals surface area contributed by atoms with Crippen molar-refractivity contribution >= 4 is 33.7 Å². The molecular weight excluding hydrogens is 585 g/mol. The van der Waals surface area contributed by atoms with Crippen molar-refractivity contribution in [2.24, 2.45) is 5.92 Å². The molecule has 7 rings (SSSR count). The van der Waals surface area contributed by atoms with Gasteiger partial charge in [0.1, 0.15) is 23.9 Å². The van der Waals surface area contributed by atoms with Crippen molar-refractivity contribution in [1.82, 2.24) is 40.0 Å². The number of anilines is 1. The molecule has 1 saturated heterocycles. The smallest absolute Gasteiger partial charge is 0.224 e. The van der Waals surface area contributed by atoms with E-state index < -0.39 is 0 Å². The van der Waals surface area contributed by atoms with E-state index in [2.05, 4.69) is 40.3 Å². The largest absolute Gasteiger partial charge is 0.492 e. The third-order valence-electron chi connectivity index (χ3n) is 8.03. The van der Waals surface area contributed by atoms with E-state index in [-0.39, 0.29) is 17.6 Å². The maximum Gasteiger partial charge on any atom is 0.224 e. The summed E-state index contributed by atoms with van der Waals surface area (Å²) in [5.41, 5.74) is 5.86. The van der Waals surface area contributed by atoms with Crippen molar-refractivity contribution in [1.29, 1.82) is 0 Å². The molecule has 1 amide bonds. The minimum absolute atomic E-state index is 0.0631. The molecule has 0 atom stereocenters. The summed E-state index contributed by atoms with van der Waals surface area (Å²) < 4.78 is 20.7. The lowest BCUT2D eigenvalue weighted by molar-refractivity contribution is -0.116. The van der Waals surface area contributed by atoms with Crippen LogP contribution in [0.1, 0.15) is 33.1 Å². The van der Waals surface area contributed by atoms with Gasteiger partial charge in [0, 0.05) is 47.9 Å². The average Bonchev–Trinajstić information content (AvgIpc) is 3.80. The van der Waals surface area contributed by atoms with Crippen LogP contribution in [0.15, 0.2) is 61.2 Å². The number of H-pyrrole nitrogens is 2. The first-order chi connectivity index (χ1) is 22.4. The van der Waals surface area contributed by atoms with Gasteiger partial charge in [0.2, 0.25) is 5.91 Å². The summed E-state index contributed by atoms with van der Waals surface area (Å²) in [7, 11) is 0. The number of pyridine rings is 3. The molecule has 0 saturated carbocycles. The monoisotopic (exact) mass is 619 g/mol. The number of ether oxygens (including phenoxy) is 1. The predicted octanol–water partition coefficient (Wildman–Crippen LogP) is 6.22. The lowest BCUT2D eigenvalue weighted by Gasteiger charge is -2.15. The summed E-state index contributed by atoms with van der Waals surface area (Å²) in [4.78, 5) is 36.2. The molecule has 3 N–H and O–H groups in total. The Morgan fingerprint density at radius 1 is 1.07 bits per heavy atom. The zero-order chi connectivity index (χ0) is 31.6. The summed E-state index contributed by atoms with van der Waals surface area (Å²) in [6.45, 7) is 7.49. The number of nitrogens with one attached hydrogen (secondary N) is 3. The highest BCUT2D eigenvalue weighted by atomic mass is 19.1. The molecule has 0 unspecified atom stereocenters. The van der Waals surface area contributed by atoms with E-state index in [4.69, 9.17) is 9.72 Å². The van der Waals surface area contributed by atoms with E-state index in [1.807, 2.05) is 38.1 Å². The molecule has 6 aromatic rings. The SMILES string of the molecule is CC(C)CC(=O)Nc1cncc(-c2cc3c(-c4nc5nccc(-c6cc(F)cc(OCCN7CCCC7)c6)c5[nH]4)n[nH]c3cn2)c1. The standard InChI is InChI=1S/C34H34FN9O2/c1-20(2)11-30(45)39-24-13-22(17-36-18-24)28-16-27-29(19-38-28)42-43-32(27)34-40-31-26(5-6-37-33(31)41-34)21-12-23(35)15-25(14-21)46-10-9-44-7-3-4-8-44/h5-6,12-20H,3-4,7-11H2,1-2H3,(H,39,45)(H,42,43)(H,37,40,41). The number of hydrogen-bond acceptors (Lipinski definition) is 8. The Kier molecular flexibility index (Phi) is 8.10. The minimum atomic E-state index is -0.380. The van der Waals surface area contributed by atoms with Crippen molar-refractivity contribution in [2.75, 3.05) is 31.6 Å². The van der Waals surface area contributed by atoms with Crippen LogP contribution in [0.25, 0.3) is 56.0 Å². The Hall–Kier alpha value is -5.23. The van der Waals surface area contributed by atoms with E-state index in [1.54, 1.807) is 24.8 Å². The Labute approximate surface area is 264 Å². The highest BCUT2D eigenvalue weighted by Gasteiger charge is 2.18. The number of imidazole rings is 1. The van der Waals surface area contributed by atoms with E-state index in [1.165, 1.54) is 25.0 Å². The number of carbonyl (C=O) groups excluding carboxylic acids is 1. The van der Waals surface area contributed by atoms with Crippen molar-refractivity contribution in [3.63, 3.8) is 0 Å². The quantitative estimate of drug-likeness (QED) is 0.164. The number of halogens is 1. The topological polar surface area (TPSA) is 138 Å². The van der Waals surface area contributed by atoms with Crippen molar-refractivity contribution < 1.29 is 13.9 Å². The van der Waals surface area contributed by atoms with Crippen LogP contribution in [0.4, 0.5) is 10.1 Å². The van der Waals surface area contributed by atoms with Crippen molar-refractivity contribution in [3.05, 3.63) is 67.0 Å². The molecule has 1 fully saturated rings. The van der Waals surface area contributed by atoms with E-state index in [9.17, 15) is 9.18 Å². The van der Waals surface area contributed by atoms with Gasteiger partial charge in [-0.1, -0.05) is 13.8 Å². The number of benzene rings is 1. The van der Waals surface area contributed by atoms with E-state index in [0.29, 0.717) is 58.4 Å². The second-order valence-electron chi connectivity index (χ2n) is 12.0. The first kappa shape index (κ1) is 29.5. The third kappa shape index (κ3) is 6.29. The van der Waals surface area contributed by atoms with Crippen LogP contribution < -0.4 is 10.1 Å². The van der Waals surface area contributed by atoms with Gasteiger partial charge in [-0.15, -0.1) is 0 Å². The number of carbonyl (C=O) groups is 1. The summed E-state index contributed by atoms with van der Waals surface area (Å²) in [6, 6.07) is 10.3. The van der Waals surface area contributed by atoms with Crippen LogP contribution >= 0.6 is 0 Å². The van der Waals surface area contributed by atoms with Gasteiger partial charge in [0.25, 0.3) is 0 Å². The van der Waals surface area contributed by atoms with Crippen LogP contribution in [-0.2, 0) is 4.79 Å². The van der Waals surface area contributed by atoms with E-state index >= 15 is 0 Å². The zero-order valence-corrected chi connectivity index (χ0v) is 25.7. The van der Waals surface area contributed by atoms with Crippen LogP contribution in [0.3, 0.4) is 0 Å². The van der Waals surface area contributed by atoms with Gasteiger partial charge in [-0.25, -0.2) is 14.4 Å². The van der Waals surface area contributed by atoms with E-state index in [0.717, 1.165) is 41.7 Å². The van der Waals surface area contributed by atoms with Gasteiger partial charge in [-0.2, -0.15) is 5.10 Å². The number of likely N-dealkylation sites (tertiary alicyclic amines) is 1. The molecule has 46 heavy (non-hydrogen) atoms. The fourth-order valence-electron chi connectivity index (χ4n) is 5.85. The highest BCUT2D eigenvalue weighted by molar-refractivity contribution is 5.97. The molecule has 0 radical (unpaired) electrons. The molecule has 6 heterocycles. The Morgan fingerprint density at radius 3 is 2.78 bits per heavy atom. The lowest BCUT2D eigenvalue weighted by atomic mass is 10.1. The molecule has 5 aromatic heterocycles. The van der Waals surface area contributed by atoms with Gasteiger partial charge in [-0.3, -0.25) is 24.8 Å². The summed E-state index contributed by atoms with van der Waals surface area (Å²) in [5, 5.41) is 11.3. The highest BCUT2D eigenvalue weighted by Crippen LogP contribution is 2.33. The Morgan fingerprint density at radius 2 is 1.93 bits per heavy atom. The number of fused-ring (bicyclic) bond motifs is 2. The summed E-state index contributed by atoms with van der Waals surface area (Å²) >= 11 is 0. The van der Waals surface area contributed by atoms with Crippen LogP contribution in [0, 0.1) is 11.7 Å². The minimum Gasteiger partial charge on any atom is -0.492 e. The van der Waals surface area contributed by atoms with Crippen molar-refractivity contribution in [2.45, 2.75) is 33.1 Å². The molecule has 12 heteroatoms. The van der Waals surface area contributed by atoms with Gasteiger partial charge in [0.05, 0.1) is 34.8 Å². The maximum atomic E-state index is 14.8. The normalized spacial score (nSPS) is 13.7. The number of amides is 1. The van der Waals surface area contributed by atoms with Gasteiger partial charge in [-0.05, 0) is 67.7 Å². The van der Waals surface area contributed by atoms with Gasteiger partial charge < -0.3 is 15.0 Å². The average molecular weight is 620 g/mol. The molecule has 234 valence electrons. The molecule has 0 spiro atoms. The number of hydrogen-bond donors (Lipinski definition) is 3. The molecule has 0 aliphatic carbocycles. The number of aromatic amines is 2. The molecule has 1 aromatic carbocycles. The van der Waals surface area contributed by atoms with Crippen LogP contribution in [0.5, 0.6) is 5.75 Å². The lowest BCUT2D eigenvalue weighted by Crippen LogP contribution is -2.25. The Bertz CT molecular complexity index is 2030. The van der Waals surface area contributed by atoms with Crippen LogP contribution in [0.2, 0.25) is 0 Å². The second-order valence-corrected chi connectivity index (χ2v) is 12.0. The number of rotatable bonds is 10. The fraction of sp³-hybridized carbons (Fsp3) is 0.294.